The summed E-state index contributed by atoms with van der Waals surface area (Å²) in [7, 11) is -3.19. The van der Waals surface area contributed by atoms with E-state index in [4.69, 9.17) is 0 Å². The molecule has 0 saturated carbocycles. The molecule has 4 heteroatoms. The maximum atomic E-state index is 13.3. The molecule has 0 amide bonds. The fourth-order valence-corrected chi connectivity index (χ4v) is 4.36. The summed E-state index contributed by atoms with van der Waals surface area (Å²) in [6.07, 6.45) is 2.21. The first-order valence-electron chi connectivity index (χ1n) is 8.03. The Morgan fingerprint density at radius 1 is 1.00 bits per heavy atom. The van der Waals surface area contributed by atoms with E-state index in [9.17, 15) is 12.8 Å². The monoisotopic (exact) mass is 344 g/mol. The topological polar surface area (TPSA) is 34.1 Å². The molecule has 126 valence electrons. The second-order valence-corrected chi connectivity index (χ2v) is 8.72. The average molecular weight is 344 g/mol. The molecule has 0 aliphatic heterocycles. The lowest BCUT2D eigenvalue weighted by Gasteiger charge is -2.21. The van der Waals surface area contributed by atoms with Gasteiger partial charge in [-0.2, -0.15) is 0 Å². The maximum absolute atomic E-state index is 13.3. The minimum Gasteiger partial charge on any atom is -0.224 e. The summed E-state index contributed by atoms with van der Waals surface area (Å²) >= 11 is 0. The molecular formula is C20H21FO2S. The van der Waals surface area contributed by atoms with Gasteiger partial charge < -0.3 is 0 Å². The van der Waals surface area contributed by atoms with Crippen LogP contribution in [0.3, 0.4) is 0 Å². The highest BCUT2D eigenvalue weighted by molar-refractivity contribution is 7.90. The van der Waals surface area contributed by atoms with Crippen LogP contribution in [0.15, 0.2) is 59.0 Å². The van der Waals surface area contributed by atoms with Crippen LogP contribution in [-0.4, -0.2) is 14.7 Å². The van der Waals surface area contributed by atoms with E-state index in [2.05, 4.69) is 13.8 Å². The fraction of sp³-hybridized carbons (Fsp3) is 0.300. The summed E-state index contributed by atoms with van der Waals surface area (Å²) in [5.74, 6) is 0.385. The van der Waals surface area contributed by atoms with Crippen molar-refractivity contribution < 1.29 is 12.8 Å². The van der Waals surface area contributed by atoms with Gasteiger partial charge in [0, 0.05) is 12.2 Å². The Bertz CT molecular complexity index is 878. The molecular weight excluding hydrogens is 323 g/mol. The molecule has 0 heterocycles. The van der Waals surface area contributed by atoms with Gasteiger partial charge in [0.2, 0.25) is 0 Å². The third kappa shape index (κ3) is 3.16. The van der Waals surface area contributed by atoms with Crippen LogP contribution in [0.5, 0.6) is 0 Å². The minimum absolute atomic E-state index is 0.198. The van der Waals surface area contributed by atoms with Crippen molar-refractivity contribution in [2.24, 2.45) is 5.92 Å². The predicted molar refractivity (Wildman–Crippen MR) is 95.1 cm³/mol. The Labute approximate surface area is 143 Å². The molecule has 3 rings (SSSR count). The number of sulfone groups is 1. The van der Waals surface area contributed by atoms with Crippen molar-refractivity contribution in [2.45, 2.75) is 31.1 Å². The molecule has 2 aromatic carbocycles. The predicted octanol–water partition coefficient (Wildman–Crippen LogP) is 4.83. The third-order valence-corrected chi connectivity index (χ3v) is 5.92. The van der Waals surface area contributed by atoms with Crippen LogP contribution in [0.4, 0.5) is 4.39 Å². The Balaban J connectivity index is 2.03. The molecule has 1 aliphatic carbocycles. The van der Waals surface area contributed by atoms with Crippen LogP contribution in [0.1, 0.15) is 37.3 Å². The van der Waals surface area contributed by atoms with Gasteiger partial charge in [-0.05, 0) is 60.2 Å². The standard InChI is InChI=1S/C20H21FO2S/c1-13-12-14(2)20(19(13)15-4-8-17(21)9-5-15)16-6-10-18(11-7-16)24(3,22)23/h4-11,14,20H,12H2,1-3H3. The number of rotatable bonds is 3. The van der Waals surface area contributed by atoms with Crippen LogP contribution in [0, 0.1) is 11.7 Å². The lowest BCUT2D eigenvalue weighted by Crippen LogP contribution is -2.07. The van der Waals surface area contributed by atoms with Gasteiger partial charge in [0.1, 0.15) is 5.82 Å². The van der Waals surface area contributed by atoms with E-state index in [-0.39, 0.29) is 11.7 Å². The van der Waals surface area contributed by atoms with Gasteiger partial charge in [-0.1, -0.05) is 36.8 Å². The largest absolute Gasteiger partial charge is 0.224 e. The zero-order valence-electron chi connectivity index (χ0n) is 14.1. The molecule has 0 fully saturated rings. The summed E-state index contributed by atoms with van der Waals surface area (Å²) in [4.78, 5) is 0.334. The lowest BCUT2D eigenvalue weighted by molar-refractivity contribution is 0.564. The summed E-state index contributed by atoms with van der Waals surface area (Å²) in [5, 5.41) is 0. The van der Waals surface area contributed by atoms with Crippen LogP contribution < -0.4 is 0 Å². The fourth-order valence-electron chi connectivity index (χ4n) is 3.73. The first kappa shape index (κ1) is 16.9. The van der Waals surface area contributed by atoms with Crippen molar-refractivity contribution in [1.82, 2.24) is 0 Å². The Morgan fingerprint density at radius 3 is 2.12 bits per heavy atom. The highest BCUT2D eigenvalue weighted by Gasteiger charge is 2.32. The molecule has 0 saturated heterocycles. The molecule has 0 N–H and O–H groups in total. The van der Waals surface area contributed by atoms with Crippen molar-refractivity contribution in [2.75, 3.05) is 6.26 Å². The summed E-state index contributed by atoms with van der Waals surface area (Å²) in [5.41, 5.74) is 4.68. The van der Waals surface area contributed by atoms with Crippen LogP contribution in [0.25, 0.3) is 5.57 Å². The van der Waals surface area contributed by atoms with Gasteiger partial charge in [0.25, 0.3) is 0 Å². The van der Waals surface area contributed by atoms with Gasteiger partial charge in [0.15, 0.2) is 9.84 Å². The van der Waals surface area contributed by atoms with Gasteiger partial charge in [0.05, 0.1) is 4.90 Å². The number of hydrogen-bond acceptors (Lipinski definition) is 2. The molecule has 0 aromatic heterocycles. The zero-order valence-corrected chi connectivity index (χ0v) is 14.9. The van der Waals surface area contributed by atoms with E-state index in [1.807, 2.05) is 24.3 Å². The number of allylic oxidation sites excluding steroid dienone is 2. The quantitative estimate of drug-likeness (QED) is 0.799. The third-order valence-electron chi connectivity index (χ3n) is 4.79. The van der Waals surface area contributed by atoms with Gasteiger partial charge in [-0.3, -0.25) is 0 Å². The van der Waals surface area contributed by atoms with Gasteiger partial charge in [-0.25, -0.2) is 12.8 Å². The Morgan fingerprint density at radius 2 is 1.58 bits per heavy atom. The van der Waals surface area contributed by atoms with Crippen molar-refractivity contribution in [3.05, 3.63) is 71.0 Å². The second kappa shape index (κ2) is 6.17. The molecule has 2 aromatic rings. The minimum atomic E-state index is -3.19. The molecule has 0 spiro atoms. The first-order chi connectivity index (χ1) is 11.3. The Hall–Kier alpha value is -1.94. The SMILES string of the molecule is CC1=C(c2ccc(F)cc2)C(c2ccc(S(C)(=O)=O)cc2)C(C)C1. The van der Waals surface area contributed by atoms with Crippen LogP contribution in [-0.2, 0) is 9.84 Å². The van der Waals surface area contributed by atoms with E-state index in [0.29, 0.717) is 10.8 Å². The molecule has 2 atom stereocenters. The lowest BCUT2D eigenvalue weighted by atomic mass is 9.83. The van der Waals surface area contributed by atoms with Crippen molar-refractivity contribution in [1.29, 1.82) is 0 Å². The van der Waals surface area contributed by atoms with E-state index in [1.165, 1.54) is 29.5 Å². The summed E-state index contributed by atoms with van der Waals surface area (Å²) < 4.78 is 36.6. The Kier molecular flexibility index (Phi) is 4.35. The van der Waals surface area contributed by atoms with E-state index in [0.717, 1.165) is 17.5 Å². The van der Waals surface area contributed by atoms with E-state index < -0.39 is 9.84 Å². The first-order valence-corrected chi connectivity index (χ1v) is 9.92. The van der Waals surface area contributed by atoms with Crippen LogP contribution in [0.2, 0.25) is 0 Å². The second-order valence-electron chi connectivity index (χ2n) is 6.70. The van der Waals surface area contributed by atoms with Crippen LogP contribution >= 0.6 is 0 Å². The number of benzene rings is 2. The summed E-state index contributed by atoms with van der Waals surface area (Å²) in [6.45, 7) is 4.33. The highest BCUT2D eigenvalue weighted by Crippen LogP contribution is 2.48. The molecule has 1 aliphatic rings. The number of halogens is 1. The van der Waals surface area contributed by atoms with E-state index >= 15 is 0 Å². The molecule has 2 nitrogen and oxygen atoms in total. The van der Waals surface area contributed by atoms with Crippen molar-refractivity contribution in [3.63, 3.8) is 0 Å². The van der Waals surface area contributed by atoms with Gasteiger partial charge in [-0.15, -0.1) is 0 Å². The molecule has 24 heavy (non-hydrogen) atoms. The van der Waals surface area contributed by atoms with Crippen molar-refractivity contribution >= 4 is 15.4 Å². The smallest absolute Gasteiger partial charge is 0.175 e. The van der Waals surface area contributed by atoms with Gasteiger partial charge >= 0.3 is 0 Å². The molecule has 0 radical (unpaired) electrons. The molecule has 2 unspecified atom stereocenters. The van der Waals surface area contributed by atoms with E-state index in [1.54, 1.807) is 12.1 Å². The zero-order chi connectivity index (χ0) is 17.5. The number of hydrogen-bond donors (Lipinski definition) is 0. The average Bonchev–Trinajstić information content (AvgIpc) is 2.82. The van der Waals surface area contributed by atoms with Crippen molar-refractivity contribution in [3.8, 4) is 0 Å². The molecule has 0 bridgehead atoms. The normalized spacial score (nSPS) is 21.3. The highest BCUT2D eigenvalue weighted by atomic mass is 32.2. The summed E-state index contributed by atoms with van der Waals surface area (Å²) in [6, 6.07) is 13.8. The maximum Gasteiger partial charge on any atom is 0.175 e.